The molecule has 0 aromatic heterocycles. The van der Waals surface area contributed by atoms with Crippen molar-refractivity contribution in [1.82, 2.24) is 0 Å². The number of anilines is 1. The van der Waals surface area contributed by atoms with E-state index in [9.17, 15) is 4.39 Å². The molecule has 0 spiro atoms. The predicted molar refractivity (Wildman–Crippen MR) is 79.0 cm³/mol. The largest absolute Gasteiger partial charge is 0.382 e. The summed E-state index contributed by atoms with van der Waals surface area (Å²) in [5, 5.41) is 12.1. The molecule has 0 aliphatic carbocycles. The van der Waals surface area contributed by atoms with Crippen LogP contribution in [0.2, 0.25) is 0 Å². The van der Waals surface area contributed by atoms with Crippen LogP contribution in [-0.2, 0) is 6.42 Å². The van der Waals surface area contributed by atoms with Crippen molar-refractivity contribution in [2.75, 3.05) is 5.32 Å². The van der Waals surface area contributed by atoms with Crippen LogP contribution in [0.15, 0.2) is 48.5 Å². The lowest BCUT2D eigenvalue weighted by Crippen LogP contribution is -2.16. The molecule has 20 heavy (non-hydrogen) atoms. The van der Waals surface area contributed by atoms with Crippen LogP contribution in [0.25, 0.3) is 0 Å². The summed E-state index contributed by atoms with van der Waals surface area (Å²) < 4.78 is 13.3. The Morgan fingerprint density at radius 1 is 1.20 bits per heavy atom. The van der Waals surface area contributed by atoms with Gasteiger partial charge in [0.05, 0.1) is 11.6 Å². The molecule has 2 nitrogen and oxygen atoms in total. The number of nitriles is 1. The molecule has 0 saturated carbocycles. The molecule has 0 radical (unpaired) electrons. The maximum Gasteiger partial charge on any atom is 0.126 e. The number of nitrogens with zero attached hydrogens (tertiary/aromatic N) is 1. The summed E-state index contributed by atoms with van der Waals surface area (Å²) >= 11 is 0. The molecule has 0 aliphatic heterocycles. The molecule has 0 aliphatic rings. The highest BCUT2D eigenvalue weighted by molar-refractivity contribution is 5.50. The number of hydrogen-bond acceptors (Lipinski definition) is 2. The van der Waals surface area contributed by atoms with Gasteiger partial charge in [-0.25, -0.2) is 4.39 Å². The van der Waals surface area contributed by atoms with E-state index in [4.69, 9.17) is 5.26 Å². The van der Waals surface area contributed by atoms with Crippen LogP contribution in [0, 0.1) is 17.1 Å². The molecule has 0 amide bonds. The van der Waals surface area contributed by atoms with E-state index in [2.05, 4.69) is 24.4 Å². The van der Waals surface area contributed by atoms with E-state index >= 15 is 0 Å². The number of benzene rings is 2. The van der Waals surface area contributed by atoms with E-state index in [-0.39, 0.29) is 11.9 Å². The minimum absolute atomic E-state index is 0.212. The second-order valence-corrected chi connectivity index (χ2v) is 4.91. The van der Waals surface area contributed by atoms with Crippen LogP contribution < -0.4 is 5.32 Å². The lowest BCUT2D eigenvalue weighted by Gasteiger charge is -2.15. The standard InChI is InChI=1S/C17H17FN2/c1-13(7-8-14-5-3-2-4-6-14)20-17-10-15(12-19)9-16(18)11-17/h2-6,9-11,13,20H,7-8H2,1H3. The predicted octanol–water partition coefficient (Wildman–Crippen LogP) is 4.13. The first kappa shape index (κ1) is 14.1. The molecule has 0 heterocycles. The van der Waals surface area contributed by atoms with Gasteiger partial charge >= 0.3 is 0 Å². The summed E-state index contributed by atoms with van der Waals surface area (Å²) in [5.74, 6) is -0.387. The highest BCUT2D eigenvalue weighted by Gasteiger charge is 2.05. The van der Waals surface area contributed by atoms with Crippen molar-refractivity contribution < 1.29 is 4.39 Å². The zero-order chi connectivity index (χ0) is 14.4. The van der Waals surface area contributed by atoms with E-state index in [1.165, 1.54) is 17.7 Å². The molecule has 1 N–H and O–H groups in total. The van der Waals surface area contributed by atoms with Crippen LogP contribution in [0.3, 0.4) is 0 Å². The van der Waals surface area contributed by atoms with Gasteiger partial charge in [0.2, 0.25) is 0 Å². The fourth-order valence-electron chi connectivity index (χ4n) is 2.12. The van der Waals surface area contributed by atoms with Gasteiger partial charge in [-0.05, 0) is 43.5 Å². The topological polar surface area (TPSA) is 35.8 Å². The maximum atomic E-state index is 13.3. The zero-order valence-corrected chi connectivity index (χ0v) is 11.4. The second-order valence-electron chi connectivity index (χ2n) is 4.91. The summed E-state index contributed by atoms with van der Waals surface area (Å²) in [6, 6.07) is 16.7. The number of rotatable bonds is 5. The minimum Gasteiger partial charge on any atom is -0.382 e. The number of halogens is 1. The molecule has 102 valence electrons. The first-order valence-electron chi connectivity index (χ1n) is 6.68. The van der Waals surface area contributed by atoms with Crippen molar-refractivity contribution in [2.45, 2.75) is 25.8 Å². The summed E-state index contributed by atoms with van der Waals surface area (Å²) in [6.45, 7) is 2.06. The zero-order valence-electron chi connectivity index (χ0n) is 11.4. The van der Waals surface area contributed by atoms with Crippen LogP contribution in [0.5, 0.6) is 0 Å². The third kappa shape index (κ3) is 4.10. The molecule has 0 saturated heterocycles. The van der Waals surface area contributed by atoms with Gasteiger partial charge in [-0.1, -0.05) is 30.3 Å². The SMILES string of the molecule is CC(CCc1ccccc1)Nc1cc(F)cc(C#N)c1. The molecule has 1 unspecified atom stereocenters. The van der Waals surface area contributed by atoms with E-state index in [0.717, 1.165) is 12.8 Å². The van der Waals surface area contributed by atoms with Crippen LogP contribution in [0.1, 0.15) is 24.5 Å². The Bertz CT molecular complexity index is 602. The fraction of sp³-hybridized carbons (Fsp3) is 0.235. The van der Waals surface area contributed by atoms with Gasteiger partial charge in [0.25, 0.3) is 0 Å². The van der Waals surface area contributed by atoms with Gasteiger partial charge in [-0.15, -0.1) is 0 Å². The van der Waals surface area contributed by atoms with Gasteiger partial charge < -0.3 is 5.32 Å². The Kier molecular flexibility index (Phi) is 4.73. The summed E-state index contributed by atoms with van der Waals surface area (Å²) in [4.78, 5) is 0. The Hall–Kier alpha value is -2.34. The summed E-state index contributed by atoms with van der Waals surface area (Å²) in [5.41, 5.74) is 2.28. The van der Waals surface area contributed by atoms with Crippen molar-refractivity contribution in [3.8, 4) is 6.07 Å². The molecule has 2 aromatic carbocycles. The monoisotopic (exact) mass is 268 g/mol. The van der Waals surface area contributed by atoms with Crippen LogP contribution in [-0.4, -0.2) is 6.04 Å². The second kappa shape index (κ2) is 6.72. The molecule has 2 aromatic rings. The Morgan fingerprint density at radius 2 is 1.95 bits per heavy atom. The van der Waals surface area contributed by atoms with Gasteiger partial charge in [0, 0.05) is 11.7 Å². The minimum atomic E-state index is -0.387. The maximum absolute atomic E-state index is 13.3. The normalized spacial score (nSPS) is 11.7. The average molecular weight is 268 g/mol. The molecule has 3 heteroatoms. The smallest absolute Gasteiger partial charge is 0.126 e. The Morgan fingerprint density at radius 3 is 2.65 bits per heavy atom. The molecule has 2 rings (SSSR count). The van der Waals surface area contributed by atoms with E-state index in [1.807, 2.05) is 24.3 Å². The average Bonchev–Trinajstić information content (AvgIpc) is 2.45. The fourth-order valence-corrected chi connectivity index (χ4v) is 2.12. The van der Waals surface area contributed by atoms with E-state index in [1.54, 1.807) is 6.07 Å². The van der Waals surface area contributed by atoms with Crippen LogP contribution >= 0.6 is 0 Å². The van der Waals surface area contributed by atoms with Crippen molar-refractivity contribution in [3.63, 3.8) is 0 Å². The highest BCUT2D eigenvalue weighted by Crippen LogP contribution is 2.16. The summed E-state index contributed by atoms with van der Waals surface area (Å²) in [7, 11) is 0. The first-order chi connectivity index (χ1) is 9.67. The Labute approximate surface area is 118 Å². The molecular formula is C17H17FN2. The summed E-state index contributed by atoms with van der Waals surface area (Å²) in [6.07, 6.45) is 1.91. The van der Waals surface area contributed by atoms with Gasteiger partial charge in [-0.3, -0.25) is 0 Å². The molecular weight excluding hydrogens is 251 g/mol. The van der Waals surface area contributed by atoms with Crippen LogP contribution in [0.4, 0.5) is 10.1 Å². The molecule has 1 atom stereocenters. The van der Waals surface area contributed by atoms with Crippen molar-refractivity contribution >= 4 is 5.69 Å². The van der Waals surface area contributed by atoms with Crippen molar-refractivity contribution in [1.29, 1.82) is 5.26 Å². The van der Waals surface area contributed by atoms with Gasteiger partial charge in [0.15, 0.2) is 0 Å². The number of nitrogens with one attached hydrogen (secondary N) is 1. The van der Waals surface area contributed by atoms with E-state index in [0.29, 0.717) is 11.3 Å². The third-order valence-electron chi connectivity index (χ3n) is 3.15. The van der Waals surface area contributed by atoms with Gasteiger partial charge in [-0.2, -0.15) is 5.26 Å². The van der Waals surface area contributed by atoms with Gasteiger partial charge in [0.1, 0.15) is 5.82 Å². The number of aryl methyl sites for hydroxylation is 1. The third-order valence-corrected chi connectivity index (χ3v) is 3.15. The molecule has 0 fully saturated rings. The van der Waals surface area contributed by atoms with Crippen molar-refractivity contribution in [3.05, 3.63) is 65.5 Å². The number of hydrogen-bond donors (Lipinski definition) is 1. The lowest BCUT2D eigenvalue weighted by atomic mass is 10.1. The first-order valence-corrected chi connectivity index (χ1v) is 6.68. The Balaban J connectivity index is 1.93. The van der Waals surface area contributed by atoms with E-state index < -0.39 is 0 Å². The highest BCUT2D eigenvalue weighted by atomic mass is 19.1. The molecule has 0 bridgehead atoms. The van der Waals surface area contributed by atoms with Crippen molar-refractivity contribution in [2.24, 2.45) is 0 Å². The quantitative estimate of drug-likeness (QED) is 0.885. The lowest BCUT2D eigenvalue weighted by molar-refractivity contribution is 0.626.